The number of likely N-dealkylation sites (tertiary alicyclic amines) is 1. The molecule has 2 aromatic carbocycles. The van der Waals surface area contributed by atoms with Crippen molar-refractivity contribution in [2.24, 2.45) is 0 Å². The molecule has 1 saturated heterocycles. The summed E-state index contributed by atoms with van der Waals surface area (Å²) in [5, 5.41) is 7.20. The zero-order chi connectivity index (χ0) is 28.5. The maximum atomic E-state index is 13.5. The number of ether oxygens (including phenoxy) is 1. The van der Waals surface area contributed by atoms with E-state index in [1.54, 1.807) is 9.58 Å². The van der Waals surface area contributed by atoms with Crippen LogP contribution in [0.25, 0.3) is 5.69 Å². The number of benzene rings is 2. The molecule has 1 fully saturated rings. The van der Waals surface area contributed by atoms with Crippen molar-refractivity contribution in [3.8, 4) is 5.69 Å². The van der Waals surface area contributed by atoms with Gasteiger partial charge in [0.15, 0.2) is 0 Å². The lowest BCUT2D eigenvalue weighted by Crippen LogP contribution is -2.41. The number of piperidine rings is 1. The van der Waals surface area contributed by atoms with E-state index in [2.05, 4.69) is 10.4 Å². The van der Waals surface area contributed by atoms with E-state index in [9.17, 15) is 22.8 Å². The molecule has 3 aromatic rings. The molecule has 1 N–H and O–H groups in total. The van der Waals surface area contributed by atoms with Crippen molar-refractivity contribution in [3.05, 3.63) is 76.6 Å². The topological polar surface area (TPSA) is 76.5 Å². The predicted octanol–water partition coefficient (Wildman–Crippen LogP) is 6.87. The fourth-order valence-electron chi connectivity index (χ4n) is 4.88. The summed E-state index contributed by atoms with van der Waals surface area (Å²) >= 11 is 0. The van der Waals surface area contributed by atoms with Crippen LogP contribution in [-0.2, 0) is 10.9 Å². The van der Waals surface area contributed by atoms with Crippen LogP contribution < -0.4 is 5.32 Å². The van der Waals surface area contributed by atoms with Gasteiger partial charge < -0.3 is 15.0 Å². The number of anilines is 1. The standard InChI is InChI=1S/C29H33F3N4O3/c1-18-8-6-9-19(2)24(18)36-25(20-12-14-35(15-13-20)27(38)39-28(3,4)5)23(17-33-36)26(37)34-22-11-7-10-21(16-22)29(30,31)32/h6-11,16-17,20H,12-15H2,1-5H3,(H,34,37). The minimum Gasteiger partial charge on any atom is -0.444 e. The molecule has 0 saturated carbocycles. The largest absolute Gasteiger partial charge is 0.444 e. The van der Waals surface area contributed by atoms with E-state index < -0.39 is 23.2 Å². The lowest BCUT2D eigenvalue weighted by Gasteiger charge is -2.34. The Balaban J connectivity index is 1.67. The summed E-state index contributed by atoms with van der Waals surface area (Å²) in [6.07, 6.45) is -2.31. The Kier molecular flexibility index (Phi) is 7.77. The number of hydrogen-bond acceptors (Lipinski definition) is 4. The van der Waals surface area contributed by atoms with Gasteiger partial charge in [-0.15, -0.1) is 0 Å². The number of aryl methyl sites for hydroxylation is 2. The second-order valence-electron chi connectivity index (χ2n) is 10.9. The van der Waals surface area contributed by atoms with Crippen LogP contribution in [-0.4, -0.2) is 45.4 Å². The van der Waals surface area contributed by atoms with Crippen LogP contribution in [0.5, 0.6) is 0 Å². The second kappa shape index (κ2) is 10.7. The van der Waals surface area contributed by atoms with Crippen LogP contribution in [0, 0.1) is 13.8 Å². The smallest absolute Gasteiger partial charge is 0.416 e. The number of alkyl halides is 3. The molecule has 10 heteroatoms. The fraction of sp³-hybridized carbons (Fsp3) is 0.414. The molecule has 1 aliphatic heterocycles. The number of carbonyl (C=O) groups is 2. The highest BCUT2D eigenvalue weighted by molar-refractivity contribution is 6.05. The van der Waals surface area contributed by atoms with Gasteiger partial charge in [-0.25, -0.2) is 9.48 Å². The highest BCUT2D eigenvalue weighted by Gasteiger charge is 2.33. The molecule has 1 aromatic heterocycles. The molecule has 208 valence electrons. The zero-order valence-electron chi connectivity index (χ0n) is 22.7. The Hall–Kier alpha value is -3.82. The van der Waals surface area contributed by atoms with Gasteiger partial charge in [-0.1, -0.05) is 24.3 Å². The van der Waals surface area contributed by atoms with Crippen molar-refractivity contribution >= 4 is 17.7 Å². The Labute approximate surface area is 225 Å². The first-order chi connectivity index (χ1) is 18.2. The number of carbonyl (C=O) groups excluding carboxylic acids is 2. The van der Waals surface area contributed by atoms with E-state index in [1.807, 2.05) is 52.8 Å². The average molecular weight is 543 g/mol. The normalized spacial score (nSPS) is 14.8. The number of hydrogen-bond donors (Lipinski definition) is 1. The number of rotatable bonds is 4. The maximum absolute atomic E-state index is 13.5. The second-order valence-corrected chi connectivity index (χ2v) is 10.9. The number of aromatic nitrogens is 2. The van der Waals surface area contributed by atoms with Crippen molar-refractivity contribution in [1.82, 2.24) is 14.7 Å². The summed E-state index contributed by atoms with van der Waals surface area (Å²) in [6.45, 7) is 10.2. The van der Waals surface area contributed by atoms with Gasteiger partial charge in [0.05, 0.1) is 28.7 Å². The molecule has 2 amide bonds. The van der Waals surface area contributed by atoms with Gasteiger partial charge in [0, 0.05) is 24.7 Å². The zero-order valence-corrected chi connectivity index (χ0v) is 22.7. The van der Waals surface area contributed by atoms with Gasteiger partial charge in [-0.05, 0) is 76.8 Å². The molecule has 0 atom stereocenters. The van der Waals surface area contributed by atoms with E-state index >= 15 is 0 Å². The number of nitrogens with one attached hydrogen (secondary N) is 1. The Bertz CT molecular complexity index is 1350. The summed E-state index contributed by atoms with van der Waals surface area (Å²) in [5.74, 6) is -0.663. The minimum atomic E-state index is -4.53. The van der Waals surface area contributed by atoms with Crippen LogP contribution in [0.4, 0.5) is 23.7 Å². The Morgan fingerprint density at radius 3 is 2.21 bits per heavy atom. The monoisotopic (exact) mass is 542 g/mol. The van der Waals surface area contributed by atoms with Gasteiger partial charge in [-0.2, -0.15) is 18.3 Å². The van der Waals surface area contributed by atoms with Crippen LogP contribution in [0.15, 0.2) is 48.7 Å². The predicted molar refractivity (Wildman–Crippen MR) is 142 cm³/mol. The molecular formula is C29H33F3N4O3. The molecule has 7 nitrogen and oxygen atoms in total. The summed E-state index contributed by atoms with van der Waals surface area (Å²) in [7, 11) is 0. The van der Waals surface area contributed by atoms with E-state index in [0.717, 1.165) is 28.9 Å². The summed E-state index contributed by atoms with van der Waals surface area (Å²) in [5.41, 5.74) is 2.32. The first-order valence-corrected chi connectivity index (χ1v) is 12.9. The van der Waals surface area contributed by atoms with Gasteiger partial charge in [0.1, 0.15) is 5.60 Å². The van der Waals surface area contributed by atoms with Gasteiger partial charge in [0.25, 0.3) is 5.91 Å². The first kappa shape index (κ1) is 28.2. The molecular weight excluding hydrogens is 509 g/mol. The van der Waals surface area contributed by atoms with Crippen LogP contribution in [0.2, 0.25) is 0 Å². The first-order valence-electron chi connectivity index (χ1n) is 12.9. The SMILES string of the molecule is Cc1cccc(C)c1-n1ncc(C(=O)Nc2cccc(C(F)(F)F)c2)c1C1CCN(C(=O)OC(C)(C)C)CC1. The van der Waals surface area contributed by atoms with E-state index in [1.165, 1.54) is 18.3 Å². The third-order valence-corrected chi connectivity index (χ3v) is 6.68. The van der Waals surface area contributed by atoms with Crippen molar-refractivity contribution in [3.63, 3.8) is 0 Å². The van der Waals surface area contributed by atoms with Crippen LogP contribution >= 0.6 is 0 Å². The quantitative estimate of drug-likeness (QED) is 0.390. The number of para-hydroxylation sites is 1. The Morgan fingerprint density at radius 1 is 1.00 bits per heavy atom. The van der Waals surface area contributed by atoms with Crippen molar-refractivity contribution in [2.45, 2.75) is 65.2 Å². The molecule has 2 heterocycles. The number of nitrogens with zero attached hydrogens (tertiary/aromatic N) is 3. The molecule has 4 rings (SSSR count). The number of halogens is 3. The summed E-state index contributed by atoms with van der Waals surface area (Å²) in [6, 6.07) is 10.4. The molecule has 0 aliphatic carbocycles. The van der Waals surface area contributed by atoms with Crippen LogP contribution in [0.1, 0.15) is 72.3 Å². The van der Waals surface area contributed by atoms with Gasteiger partial charge in [0.2, 0.25) is 0 Å². The van der Waals surface area contributed by atoms with Gasteiger partial charge >= 0.3 is 12.3 Å². The molecule has 0 spiro atoms. The minimum absolute atomic E-state index is 0.0420. The molecule has 39 heavy (non-hydrogen) atoms. The average Bonchev–Trinajstić information content (AvgIpc) is 3.27. The summed E-state index contributed by atoms with van der Waals surface area (Å²) in [4.78, 5) is 27.7. The van der Waals surface area contributed by atoms with Crippen molar-refractivity contribution in [1.29, 1.82) is 0 Å². The lowest BCUT2D eigenvalue weighted by atomic mass is 9.90. The van der Waals surface area contributed by atoms with E-state index in [4.69, 9.17) is 4.74 Å². The molecule has 0 bridgehead atoms. The molecule has 0 unspecified atom stereocenters. The third kappa shape index (κ3) is 6.43. The highest BCUT2D eigenvalue weighted by atomic mass is 19.4. The highest BCUT2D eigenvalue weighted by Crippen LogP contribution is 2.35. The third-order valence-electron chi connectivity index (χ3n) is 6.68. The maximum Gasteiger partial charge on any atom is 0.416 e. The summed E-state index contributed by atoms with van der Waals surface area (Å²) < 4.78 is 46.9. The number of amides is 2. The van der Waals surface area contributed by atoms with Crippen molar-refractivity contribution in [2.75, 3.05) is 18.4 Å². The van der Waals surface area contributed by atoms with Gasteiger partial charge in [-0.3, -0.25) is 4.79 Å². The van der Waals surface area contributed by atoms with E-state index in [0.29, 0.717) is 31.6 Å². The van der Waals surface area contributed by atoms with Crippen molar-refractivity contribution < 1.29 is 27.5 Å². The van der Waals surface area contributed by atoms with E-state index in [-0.39, 0.29) is 23.3 Å². The molecule has 1 aliphatic rings. The fourth-order valence-corrected chi connectivity index (χ4v) is 4.88. The Morgan fingerprint density at radius 2 is 1.62 bits per heavy atom. The van der Waals surface area contributed by atoms with Crippen LogP contribution in [0.3, 0.4) is 0 Å². The lowest BCUT2D eigenvalue weighted by molar-refractivity contribution is -0.137. The molecule has 0 radical (unpaired) electrons.